The Morgan fingerprint density at radius 1 is 1.35 bits per heavy atom. The molecule has 0 bridgehead atoms. The van der Waals surface area contributed by atoms with Crippen molar-refractivity contribution in [1.29, 1.82) is 5.26 Å². The lowest BCUT2D eigenvalue weighted by molar-refractivity contribution is -0.0905. The van der Waals surface area contributed by atoms with Crippen LogP contribution in [-0.2, 0) is 4.74 Å². The Kier molecular flexibility index (Phi) is 5.60. The summed E-state index contributed by atoms with van der Waals surface area (Å²) >= 11 is 8.97. The van der Waals surface area contributed by atoms with Crippen LogP contribution in [0.15, 0.2) is 18.3 Å². The minimum atomic E-state index is 0.289. The number of nitriles is 1. The zero-order valence-corrected chi connectivity index (χ0v) is 19.7. The van der Waals surface area contributed by atoms with Crippen molar-refractivity contribution in [2.24, 2.45) is 0 Å². The molecule has 4 heterocycles. The van der Waals surface area contributed by atoms with Gasteiger partial charge < -0.3 is 15.4 Å². The molecular formula is C20H20ClIN8O. The first-order chi connectivity index (χ1) is 15.1. The van der Waals surface area contributed by atoms with Gasteiger partial charge in [0.05, 0.1) is 47.8 Å². The highest BCUT2D eigenvalue weighted by molar-refractivity contribution is 14.1. The van der Waals surface area contributed by atoms with Gasteiger partial charge in [-0.25, -0.2) is 9.50 Å². The number of rotatable bonds is 6. The molecule has 3 aromatic rings. The van der Waals surface area contributed by atoms with E-state index in [9.17, 15) is 5.26 Å². The van der Waals surface area contributed by atoms with Crippen molar-refractivity contribution in [3.63, 3.8) is 0 Å². The van der Waals surface area contributed by atoms with Crippen LogP contribution in [0.4, 0.5) is 17.5 Å². The van der Waals surface area contributed by atoms with Crippen molar-refractivity contribution in [3.05, 3.63) is 38.2 Å². The molecule has 5 rings (SSSR count). The van der Waals surface area contributed by atoms with E-state index in [-0.39, 0.29) is 5.92 Å². The molecule has 2 fully saturated rings. The van der Waals surface area contributed by atoms with Crippen LogP contribution in [0.5, 0.6) is 0 Å². The fourth-order valence-electron chi connectivity index (χ4n) is 3.86. The van der Waals surface area contributed by atoms with E-state index in [4.69, 9.17) is 16.3 Å². The number of hydrogen-bond donors (Lipinski definition) is 2. The number of likely N-dealkylation sites (tertiary alicyclic amines) is 1. The third-order valence-corrected chi connectivity index (χ3v) is 6.78. The average molecular weight is 551 g/mol. The Morgan fingerprint density at radius 2 is 2.16 bits per heavy atom. The highest BCUT2D eigenvalue weighted by Gasteiger charge is 2.37. The minimum absolute atomic E-state index is 0.289. The van der Waals surface area contributed by atoms with Crippen LogP contribution in [-0.4, -0.2) is 63.4 Å². The molecule has 0 aliphatic carbocycles. The monoisotopic (exact) mass is 550 g/mol. The number of nitrogens with one attached hydrogen (secondary N) is 2. The SMILES string of the molecule is CCNc1nc(Nc2cc(C#N)cc(C3CN(C4COC4)C3)c2Cl)nn2c(I)cnc12. The lowest BCUT2D eigenvalue weighted by atomic mass is 9.88. The van der Waals surface area contributed by atoms with Crippen LogP contribution in [0.2, 0.25) is 5.02 Å². The number of imidazole rings is 1. The largest absolute Gasteiger partial charge is 0.378 e. The van der Waals surface area contributed by atoms with Gasteiger partial charge >= 0.3 is 0 Å². The van der Waals surface area contributed by atoms with Gasteiger partial charge in [-0.1, -0.05) is 11.6 Å². The molecule has 2 saturated heterocycles. The summed E-state index contributed by atoms with van der Waals surface area (Å²) in [7, 11) is 0. The molecule has 2 aliphatic rings. The van der Waals surface area contributed by atoms with E-state index < -0.39 is 0 Å². The number of nitrogens with zero attached hydrogens (tertiary/aromatic N) is 6. The molecule has 0 unspecified atom stereocenters. The van der Waals surface area contributed by atoms with Gasteiger partial charge in [-0.15, -0.1) is 5.10 Å². The second kappa shape index (κ2) is 8.38. The van der Waals surface area contributed by atoms with Gasteiger partial charge in [0.1, 0.15) is 3.70 Å². The Labute approximate surface area is 197 Å². The lowest BCUT2D eigenvalue weighted by Gasteiger charge is -2.47. The molecule has 0 saturated carbocycles. The van der Waals surface area contributed by atoms with E-state index in [2.05, 4.69) is 59.3 Å². The van der Waals surface area contributed by atoms with Crippen molar-refractivity contribution in [3.8, 4) is 6.07 Å². The third-order valence-electron chi connectivity index (χ3n) is 5.63. The molecule has 9 nitrogen and oxygen atoms in total. The quantitative estimate of drug-likeness (QED) is 0.451. The van der Waals surface area contributed by atoms with Gasteiger partial charge in [-0.05, 0) is 47.2 Å². The smallest absolute Gasteiger partial charge is 0.247 e. The number of benzene rings is 1. The van der Waals surface area contributed by atoms with Gasteiger partial charge in [0.2, 0.25) is 5.95 Å². The van der Waals surface area contributed by atoms with Crippen molar-refractivity contribution < 1.29 is 4.74 Å². The molecule has 0 radical (unpaired) electrons. The van der Waals surface area contributed by atoms with Crippen LogP contribution >= 0.6 is 34.2 Å². The summed E-state index contributed by atoms with van der Waals surface area (Å²) in [6, 6.07) is 6.38. The Hall–Kier alpha value is -2.20. The molecule has 11 heteroatoms. The van der Waals surface area contributed by atoms with Crippen LogP contribution in [0.1, 0.15) is 24.0 Å². The van der Waals surface area contributed by atoms with E-state index in [1.807, 2.05) is 13.0 Å². The minimum Gasteiger partial charge on any atom is -0.378 e. The summed E-state index contributed by atoms with van der Waals surface area (Å²) in [6.45, 7) is 6.13. The maximum Gasteiger partial charge on any atom is 0.247 e. The van der Waals surface area contributed by atoms with Crippen molar-refractivity contribution >= 4 is 57.3 Å². The highest BCUT2D eigenvalue weighted by atomic mass is 127. The van der Waals surface area contributed by atoms with Crippen molar-refractivity contribution in [1.82, 2.24) is 24.5 Å². The fraction of sp³-hybridized carbons (Fsp3) is 0.400. The maximum absolute atomic E-state index is 9.56. The van der Waals surface area contributed by atoms with Crippen molar-refractivity contribution in [2.75, 3.05) is 43.5 Å². The second-order valence-corrected chi connectivity index (χ2v) is 9.12. The summed E-state index contributed by atoms with van der Waals surface area (Å²) in [4.78, 5) is 11.4. The molecule has 0 spiro atoms. The summed E-state index contributed by atoms with van der Waals surface area (Å²) in [5.41, 5.74) is 2.81. The van der Waals surface area contributed by atoms with E-state index in [0.717, 1.165) is 35.6 Å². The average Bonchev–Trinajstić information content (AvgIpc) is 3.06. The van der Waals surface area contributed by atoms with E-state index >= 15 is 0 Å². The first-order valence-corrected chi connectivity index (χ1v) is 11.5. The highest BCUT2D eigenvalue weighted by Crippen LogP contribution is 2.39. The van der Waals surface area contributed by atoms with Gasteiger partial charge in [0.25, 0.3) is 0 Å². The molecule has 31 heavy (non-hydrogen) atoms. The molecule has 2 N–H and O–H groups in total. The zero-order chi connectivity index (χ0) is 21.5. The summed E-state index contributed by atoms with van der Waals surface area (Å²) in [5.74, 6) is 1.30. The summed E-state index contributed by atoms with van der Waals surface area (Å²) < 4.78 is 7.88. The molecule has 1 aromatic carbocycles. The summed E-state index contributed by atoms with van der Waals surface area (Å²) in [6.07, 6.45) is 1.74. The second-order valence-electron chi connectivity index (χ2n) is 7.64. The predicted molar refractivity (Wildman–Crippen MR) is 126 cm³/mol. The third kappa shape index (κ3) is 3.80. The van der Waals surface area contributed by atoms with Crippen LogP contribution in [0, 0.1) is 15.0 Å². The van der Waals surface area contributed by atoms with E-state index in [1.54, 1.807) is 16.8 Å². The van der Waals surface area contributed by atoms with Gasteiger partial charge in [0, 0.05) is 25.6 Å². The van der Waals surface area contributed by atoms with Crippen molar-refractivity contribution in [2.45, 2.75) is 18.9 Å². The molecule has 160 valence electrons. The molecule has 0 atom stereocenters. The standard InChI is InChI=1S/C20H20ClIN8O/c1-2-24-18-19-25-6-16(22)30(19)28-20(27-18)26-15-4-11(5-23)3-14(17(15)21)12-7-29(8-12)13-9-31-10-13/h3-4,6,12-13H,2,7-10H2,1H3,(H2,24,26,27,28). The van der Waals surface area contributed by atoms with Gasteiger partial charge in [-0.3, -0.25) is 4.90 Å². The molecular weight excluding hydrogens is 531 g/mol. The van der Waals surface area contributed by atoms with Crippen LogP contribution in [0.3, 0.4) is 0 Å². The molecule has 0 amide bonds. The summed E-state index contributed by atoms with van der Waals surface area (Å²) in [5, 5.41) is 21.2. The Balaban J connectivity index is 1.46. The fourth-order valence-corrected chi connectivity index (χ4v) is 4.64. The Morgan fingerprint density at radius 3 is 2.84 bits per heavy atom. The Bertz CT molecular complexity index is 1180. The number of halogens is 2. The number of hydrogen-bond acceptors (Lipinski definition) is 8. The number of fused-ring (bicyclic) bond motifs is 1. The first kappa shape index (κ1) is 20.7. The molecule has 2 aliphatic heterocycles. The first-order valence-electron chi connectivity index (χ1n) is 10.0. The predicted octanol–water partition coefficient (Wildman–Crippen LogP) is 3.23. The zero-order valence-electron chi connectivity index (χ0n) is 16.8. The lowest BCUT2D eigenvalue weighted by Crippen LogP contribution is -2.58. The normalized spacial score (nSPS) is 17.2. The maximum atomic E-state index is 9.56. The topological polar surface area (TPSA) is 103 Å². The van der Waals surface area contributed by atoms with E-state index in [1.165, 1.54) is 0 Å². The van der Waals surface area contributed by atoms with Gasteiger partial charge in [0.15, 0.2) is 11.5 Å². The molecule has 2 aromatic heterocycles. The number of aromatic nitrogens is 4. The van der Waals surface area contributed by atoms with Crippen LogP contribution in [0.25, 0.3) is 5.65 Å². The van der Waals surface area contributed by atoms with E-state index in [0.29, 0.717) is 46.3 Å². The van der Waals surface area contributed by atoms with Crippen LogP contribution < -0.4 is 10.6 Å². The number of ether oxygens (including phenoxy) is 1. The number of anilines is 3. The van der Waals surface area contributed by atoms with Gasteiger partial charge in [-0.2, -0.15) is 10.2 Å².